The van der Waals surface area contributed by atoms with E-state index >= 15 is 0 Å². The number of ether oxygens (including phenoxy) is 1. The fraction of sp³-hybridized carbons (Fsp3) is 0.318. The number of benzene rings is 2. The molecule has 1 fully saturated rings. The molecule has 146 valence electrons. The predicted molar refractivity (Wildman–Crippen MR) is 110 cm³/mol. The Bertz CT molecular complexity index is 975. The van der Waals surface area contributed by atoms with E-state index in [1.54, 1.807) is 31.2 Å². The molecule has 1 atom stereocenters. The van der Waals surface area contributed by atoms with E-state index in [-0.39, 0.29) is 11.7 Å². The molecule has 0 spiro atoms. The second-order valence-electron chi connectivity index (χ2n) is 7.31. The topological polar surface area (TPSA) is 65.6 Å². The number of aromatic amines is 1. The molecule has 4 rings (SSSR count). The summed E-state index contributed by atoms with van der Waals surface area (Å²) in [4.78, 5) is 18.1. The number of aromatic nitrogens is 1. The lowest BCUT2D eigenvalue weighted by atomic mass is 9.93. The van der Waals surface area contributed by atoms with Crippen LogP contribution in [0, 0.1) is 0 Å². The van der Waals surface area contributed by atoms with Crippen molar-refractivity contribution in [2.75, 3.05) is 13.1 Å². The van der Waals surface area contributed by atoms with Crippen LogP contribution in [0.5, 0.6) is 11.5 Å². The number of rotatable bonds is 4. The number of carbonyl (C=O) groups excluding carboxylic acids is 1. The molecule has 5 nitrogen and oxygen atoms in total. The van der Waals surface area contributed by atoms with Crippen LogP contribution in [0.1, 0.15) is 31.4 Å². The number of phenolic OH excluding ortho intramolecular Hbond substituents is 1. The lowest BCUT2D eigenvalue weighted by Crippen LogP contribution is -2.44. The maximum absolute atomic E-state index is 12.7. The number of likely N-dealkylation sites (tertiary alicyclic amines) is 1. The first-order valence-corrected chi connectivity index (χ1v) is 9.90. The van der Waals surface area contributed by atoms with Gasteiger partial charge in [0.15, 0.2) is 6.10 Å². The summed E-state index contributed by atoms with van der Waals surface area (Å²) in [6.45, 7) is 3.19. The largest absolute Gasteiger partial charge is 0.508 e. The minimum absolute atomic E-state index is 0.00467. The fourth-order valence-corrected chi connectivity index (χ4v) is 3.97. The Balaban J connectivity index is 1.36. The van der Waals surface area contributed by atoms with Crippen molar-refractivity contribution in [3.8, 4) is 11.5 Å². The summed E-state index contributed by atoms with van der Waals surface area (Å²) in [7, 11) is 0. The fourth-order valence-electron chi connectivity index (χ4n) is 3.79. The highest BCUT2D eigenvalue weighted by atomic mass is 35.5. The highest BCUT2D eigenvalue weighted by Gasteiger charge is 2.28. The second-order valence-corrected chi connectivity index (χ2v) is 7.75. The maximum Gasteiger partial charge on any atom is 0.263 e. The standard InChI is InChI=1S/C22H23ClN2O3/c1-14(28-19-5-3-18(26)4-6-19)22(27)25-10-8-15(9-11-25)21-13-16-12-17(23)2-7-20(16)24-21/h2-7,12-15,24,26H,8-11H2,1H3. The zero-order valence-electron chi connectivity index (χ0n) is 15.7. The van der Waals surface area contributed by atoms with Crippen LogP contribution in [0.15, 0.2) is 48.5 Å². The van der Waals surface area contributed by atoms with Gasteiger partial charge in [-0.05, 0) is 68.3 Å². The number of piperidine rings is 1. The molecule has 0 bridgehead atoms. The summed E-state index contributed by atoms with van der Waals surface area (Å²) in [6, 6.07) is 14.4. The smallest absolute Gasteiger partial charge is 0.263 e. The minimum Gasteiger partial charge on any atom is -0.508 e. The van der Waals surface area contributed by atoms with Gasteiger partial charge in [-0.1, -0.05) is 11.6 Å². The molecule has 1 saturated heterocycles. The van der Waals surface area contributed by atoms with Gasteiger partial charge in [-0.3, -0.25) is 4.79 Å². The number of nitrogens with zero attached hydrogens (tertiary/aromatic N) is 1. The molecule has 0 saturated carbocycles. The van der Waals surface area contributed by atoms with E-state index in [0.717, 1.165) is 28.8 Å². The van der Waals surface area contributed by atoms with Crippen molar-refractivity contribution in [2.24, 2.45) is 0 Å². The number of aromatic hydroxyl groups is 1. The van der Waals surface area contributed by atoms with Crippen LogP contribution in [-0.2, 0) is 4.79 Å². The summed E-state index contributed by atoms with van der Waals surface area (Å²) >= 11 is 6.08. The van der Waals surface area contributed by atoms with Gasteiger partial charge in [0.05, 0.1) is 0 Å². The van der Waals surface area contributed by atoms with Crippen LogP contribution >= 0.6 is 11.6 Å². The van der Waals surface area contributed by atoms with Crippen molar-refractivity contribution in [1.82, 2.24) is 9.88 Å². The van der Waals surface area contributed by atoms with E-state index in [1.165, 1.54) is 5.69 Å². The van der Waals surface area contributed by atoms with Crippen LogP contribution in [0.3, 0.4) is 0 Å². The van der Waals surface area contributed by atoms with E-state index < -0.39 is 6.10 Å². The Kier molecular flexibility index (Phi) is 5.18. The molecular formula is C22H23ClN2O3. The van der Waals surface area contributed by atoms with Crippen molar-refractivity contribution in [3.05, 3.63) is 59.2 Å². The molecule has 0 aliphatic carbocycles. The number of nitrogens with one attached hydrogen (secondary N) is 1. The van der Waals surface area contributed by atoms with Gasteiger partial charge in [-0.25, -0.2) is 0 Å². The molecule has 6 heteroatoms. The maximum atomic E-state index is 12.7. The van der Waals surface area contributed by atoms with Crippen LogP contribution in [0.4, 0.5) is 0 Å². The quantitative estimate of drug-likeness (QED) is 0.669. The Hall–Kier alpha value is -2.66. The molecule has 2 heterocycles. The monoisotopic (exact) mass is 398 g/mol. The van der Waals surface area contributed by atoms with Crippen molar-refractivity contribution in [2.45, 2.75) is 31.8 Å². The lowest BCUT2D eigenvalue weighted by Gasteiger charge is -2.33. The van der Waals surface area contributed by atoms with E-state index in [0.29, 0.717) is 24.8 Å². The Morgan fingerprint density at radius 2 is 1.89 bits per heavy atom. The molecule has 1 unspecified atom stereocenters. The molecule has 1 aliphatic heterocycles. The van der Waals surface area contributed by atoms with Gasteiger partial charge in [0.1, 0.15) is 11.5 Å². The van der Waals surface area contributed by atoms with Crippen LogP contribution in [0.25, 0.3) is 10.9 Å². The molecule has 2 aromatic carbocycles. The normalized spacial score (nSPS) is 16.3. The molecule has 28 heavy (non-hydrogen) atoms. The molecule has 0 radical (unpaired) electrons. The van der Waals surface area contributed by atoms with E-state index in [4.69, 9.17) is 16.3 Å². The number of H-pyrrole nitrogens is 1. The number of hydrogen-bond acceptors (Lipinski definition) is 3. The Labute approximate surface area is 168 Å². The zero-order chi connectivity index (χ0) is 19.7. The third kappa shape index (κ3) is 3.94. The number of carbonyl (C=O) groups is 1. The summed E-state index contributed by atoms with van der Waals surface area (Å²) in [6.07, 6.45) is 1.27. The Morgan fingerprint density at radius 1 is 1.18 bits per heavy atom. The average Bonchev–Trinajstić information content (AvgIpc) is 3.12. The number of phenols is 1. The van der Waals surface area contributed by atoms with Crippen molar-refractivity contribution < 1.29 is 14.6 Å². The molecule has 2 N–H and O–H groups in total. The zero-order valence-corrected chi connectivity index (χ0v) is 16.4. The van der Waals surface area contributed by atoms with Crippen LogP contribution in [-0.4, -0.2) is 40.1 Å². The Morgan fingerprint density at radius 3 is 2.61 bits per heavy atom. The van der Waals surface area contributed by atoms with E-state index in [9.17, 15) is 9.90 Å². The predicted octanol–water partition coefficient (Wildman–Crippen LogP) is 4.70. The molecule has 1 aromatic heterocycles. The minimum atomic E-state index is -0.559. The van der Waals surface area contributed by atoms with Crippen molar-refractivity contribution in [1.29, 1.82) is 0 Å². The van der Waals surface area contributed by atoms with Gasteiger partial charge in [-0.2, -0.15) is 0 Å². The van der Waals surface area contributed by atoms with Crippen molar-refractivity contribution in [3.63, 3.8) is 0 Å². The van der Waals surface area contributed by atoms with E-state index in [2.05, 4.69) is 11.1 Å². The van der Waals surface area contributed by atoms with Crippen LogP contribution in [0.2, 0.25) is 5.02 Å². The van der Waals surface area contributed by atoms with E-state index in [1.807, 2.05) is 23.1 Å². The number of fused-ring (bicyclic) bond motifs is 1. The number of hydrogen-bond donors (Lipinski definition) is 2. The first kappa shape index (κ1) is 18.7. The highest BCUT2D eigenvalue weighted by molar-refractivity contribution is 6.31. The van der Waals surface area contributed by atoms with Gasteiger partial charge in [-0.15, -0.1) is 0 Å². The molecule has 1 amide bonds. The summed E-state index contributed by atoms with van der Waals surface area (Å²) in [5.74, 6) is 1.15. The summed E-state index contributed by atoms with van der Waals surface area (Å²) in [5.41, 5.74) is 2.30. The first-order valence-electron chi connectivity index (χ1n) is 9.52. The number of halogens is 1. The van der Waals surface area contributed by atoms with Gasteiger partial charge < -0.3 is 19.7 Å². The van der Waals surface area contributed by atoms with Crippen molar-refractivity contribution >= 4 is 28.4 Å². The van der Waals surface area contributed by atoms with Gasteiger partial charge in [0.2, 0.25) is 0 Å². The lowest BCUT2D eigenvalue weighted by molar-refractivity contribution is -0.139. The second kappa shape index (κ2) is 7.76. The molecule has 1 aliphatic rings. The molecule has 3 aromatic rings. The average molecular weight is 399 g/mol. The number of amides is 1. The van der Waals surface area contributed by atoms with Gasteiger partial charge in [0, 0.05) is 40.6 Å². The van der Waals surface area contributed by atoms with Gasteiger partial charge >= 0.3 is 0 Å². The first-order chi connectivity index (χ1) is 13.5. The molecular weight excluding hydrogens is 376 g/mol. The SMILES string of the molecule is CC(Oc1ccc(O)cc1)C(=O)N1CCC(c2cc3cc(Cl)ccc3[nH]2)CC1. The summed E-state index contributed by atoms with van der Waals surface area (Å²) < 4.78 is 5.73. The third-order valence-corrected chi connectivity index (χ3v) is 5.58. The van der Waals surface area contributed by atoms with Gasteiger partial charge in [0.25, 0.3) is 5.91 Å². The highest BCUT2D eigenvalue weighted by Crippen LogP contribution is 2.31. The van der Waals surface area contributed by atoms with Crippen LogP contribution < -0.4 is 4.74 Å². The third-order valence-electron chi connectivity index (χ3n) is 5.35. The summed E-state index contributed by atoms with van der Waals surface area (Å²) in [5, 5.41) is 11.2.